The van der Waals surface area contributed by atoms with Crippen molar-refractivity contribution in [2.45, 2.75) is 66.7 Å². The second kappa shape index (κ2) is 12.9. The zero-order valence-electron chi connectivity index (χ0n) is 19.4. The Morgan fingerprint density at radius 2 is 1.48 bits per heavy atom. The van der Waals surface area contributed by atoms with Gasteiger partial charge in [0.05, 0.1) is 9.73 Å². The van der Waals surface area contributed by atoms with Crippen LogP contribution < -0.4 is 5.32 Å². The molecule has 0 saturated carbocycles. The minimum atomic E-state index is -2.69. The second-order valence-corrected chi connectivity index (χ2v) is 14.1. The van der Waals surface area contributed by atoms with E-state index in [1.807, 2.05) is 34.6 Å². The van der Waals surface area contributed by atoms with Crippen LogP contribution in [0.1, 0.15) is 66.7 Å². The molecule has 0 spiro atoms. The standard InChI is InChI=1S/C22H36N2O4S3/c1-6-18(25)9-10-19(26)8-7-14-29-30-15-13-23-20(27)24-31(28)16-21(2,3)11-12-22(4,5)17-31/h6-10,13-17H2,1-5H3,(H,23,27). The molecule has 0 aliphatic carbocycles. The van der Waals surface area contributed by atoms with Crippen LogP contribution in [0, 0.1) is 22.7 Å². The Balaban J connectivity index is 2.27. The Hall–Kier alpha value is -0.980. The van der Waals surface area contributed by atoms with Crippen molar-refractivity contribution in [2.75, 3.05) is 29.6 Å². The molecule has 1 N–H and O–H groups in total. The molecular weight excluding hydrogens is 452 g/mol. The summed E-state index contributed by atoms with van der Waals surface area (Å²) >= 11 is 0. The Kier molecular flexibility index (Phi) is 11.7. The summed E-state index contributed by atoms with van der Waals surface area (Å²) < 4.78 is 17.3. The molecule has 9 heteroatoms. The summed E-state index contributed by atoms with van der Waals surface area (Å²) in [7, 11) is 0.583. The van der Waals surface area contributed by atoms with Gasteiger partial charge in [0, 0.05) is 66.1 Å². The molecule has 176 valence electrons. The topological polar surface area (TPSA) is 92.7 Å². The molecule has 1 aliphatic rings. The van der Waals surface area contributed by atoms with Crippen molar-refractivity contribution in [3.05, 3.63) is 0 Å². The summed E-state index contributed by atoms with van der Waals surface area (Å²) in [5.74, 6) is 8.75. The summed E-state index contributed by atoms with van der Waals surface area (Å²) in [4.78, 5) is 35.1. The molecule has 0 bridgehead atoms. The quantitative estimate of drug-likeness (QED) is 0.243. The van der Waals surface area contributed by atoms with E-state index in [0.29, 0.717) is 49.5 Å². The molecular formula is C22H36N2O4S3. The smallest absolute Gasteiger partial charge is 0.335 e. The van der Waals surface area contributed by atoms with Gasteiger partial charge in [-0.1, -0.05) is 40.4 Å². The van der Waals surface area contributed by atoms with Gasteiger partial charge in [0.15, 0.2) is 0 Å². The average Bonchev–Trinajstić information content (AvgIpc) is 2.73. The van der Waals surface area contributed by atoms with Gasteiger partial charge in [0.2, 0.25) is 0 Å². The van der Waals surface area contributed by atoms with Crippen LogP contribution in [0.15, 0.2) is 4.36 Å². The highest BCUT2D eigenvalue weighted by Gasteiger charge is 2.32. The lowest BCUT2D eigenvalue weighted by molar-refractivity contribution is -0.124. The number of urea groups is 1. The number of Topliss-reactive ketones (excluding diaryl/α,β-unsaturated/α-hetero) is 2. The fourth-order valence-electron chi connectivity index (χ4n) is 3.06. The molecule has 6 nitrogen and oxygen atoms in total. The predicted octanol–water partition coefficient (Wildman–Crippen LogP) is 4.72. The van der Waals surface area contributed by atoms with E-state index in [4.69, 9.17) is 0 Å². The summed E-state index contributed by atoms with van der Waals surface area (Å²) in [6, 6.07) is -0.531. The monoisotopic (exact) mass is 488 g/mol. The van der Waals surface area contributed by atoms with Gasteiger partial charge in [0.25, 0.3) is 0 Å². The minimum absolute atomic E-state index is 0.136. The van der Waals surface area contributed by atoms with Gasteiger partial charge in [-0.2, -0.15) is 0 Å². The molecule has 0 aromatic carbocycles. The van der Waals surface area contributed by atoms with Crippen molar-refractivity contribution in [2.24, 2.45) is 15.2 Å². The molecule has 0 aromatic heterocycles. The first-order valence-electron chi connectivity index (χ1n) is 10.7. The van der Waals surface area contributed by atoms with Gasteiger partial charge in [-0.25, -0.2) is 9.00 Å². The lowest BCUT2D eigenvalue weighted by Gasteiger charge is -2.21. The van der Waals surface area contributed by atoms with E-state index in [9.17, 15) is 18.6 Å². The molecule has 0 fully saturated rings. The number of ketones is 2. The maximum Gasteiger partial charge on any atom is 0.349 e. The van der Waals surface area contributed by atoms with Crippen LogP contribution in [0.25, 0.3) is 0 Å². The summed E-state index contributed by atoms with van der Waals surface area (Å²) in [6.45, 7) is 9.98. The molecule has 0 unspecified atom stereocenters. The fraction of sp³-hybridized carbons (Fsp3) is 0.773. The van der Waals surface area contributed by atoms with Gasteiger partial charge in [-0.3, -0.25) is 9.59 Å². The summed E-state index contributed by atoms with van der Waals surface area (Å²) in [5.41, 5.74) is -0.873. The highest BCUT2D eigenvalue weighted by atomic mass is 33.1. The third-order valence-corrected chi connectivity index (χ3v) is 9.80. The number of nitrogens with zero attached hydrogens (tertiary/aromatic N) is 1. The van der Waals surface area contributed by atoms with E-state index in [2.05, 4.69) is 21.5 Å². The van der Waals surface area contributed by atoms with Crippen LogP contribution in [0.3, 0.4) is 0 Å². The van der Waals surface area contributed by atoms with Crippen LogP contribution in [-0.2, 0) is 19.3 Å². The Labute approximate surface area is 195 Å². The second-order valence-electron chi connectivity index (χ2n) is 9.08. The van der Waals surface area contributed by atoms with Gasteiger partial charge in [-0.15, -0.1) is 4.36 Å². The first-order chi connectivity index (χ1) is 14.4. The Morgan fingerprint density at radius 3 is 2.06 bits per heavy atom. The Morgan fingerprint density at radius 1 is 0.935 bits per heavy atom. The van der Waals surface area contributed by atoms with Crippen molar-refractivity contribution in [1.29, 1.82) is 0 Å². The molecule has 1 aliphatic heterocycles. The van der Waals surface area contributed by atoms with E-state index >= 15 is 0 Å². The first-order valence-corrected chi connectivity index (χ1v) is 15.0. The van der Waals surface area contributed by atoms with Gasteiger partial charge < -0.3 is 5.32 Å². The van der Waals surface area contributed by atoms with Gasteiger partial charge in [-0.05, 0) is 34.1 Å². The zero-order valence-corrected chi connectivity index (χ0v) is 21.8. The van der Waals surface area contributed by atoms with Gasteiger partial charge >= 0.3 is 6.03 Å². The zero-order chi connectivity index (χ0) is 23.5. The number of hydrogen-bond acceptors (Lipinski definition) is 6. The van der Waals surface area contributed by atoms with E-state index in [1.165, 1.54) is 0 Å². The lowest BCUT2D eigenvalue weighted by atomic mass is 9.92. The van der Waals surface area contributed by atoms with Crippen LogP contribution in [0.5, 0.6) is 0 Å². The molecule has 2 amide bonds. The number of nitrogens with one attached hydrogen (secondary N) is 1. The molecule has 0 atom stereocenters. The van der Waals surface area contributed by atoms with E-state index < -0.39 is 26.6 Å². The highest BCUT2D eigenvalue weighted by Crippen LogP contribution is 2.29. The van der Waals surface area contributed by atoms with Crippen LogP contribution in [0.4, 0.5) is 4.79 Å². The maximum absolute atomic E-state index is 13.3. The molecule has 1 heterocycles. The summed E-state index contributed by atoms with van der Waals surface area (Å²) in [5, 5.41) is 2.73. The largest absolute Gasteiger partial charge is 0.349 e. The van der Waals surface area contributed by atoms with Crippen LogP contribution >= 0.6 is 21.6 Å². The number of hydrogen-bond donors (Lipinski definition) is 1. The molecule has 0 radical (unpaired) electrons. The van der Waals surface area contributed by atoms with Crippen LogP contribution in [0.2, 0.25) is 0 Å². The van der Waals surface area contributed by atoms with Crippen molar-refractivity contribution in [3.63, 3.8) is 0 Å². The number of rotatable bonds is 12. The number of carbonyl (C=O) groups is 3. The van der Waals surface area contributed by atoms with Crippen LogP contribution in [-0.4, -0.2) is 51.4 Å². The molecule has 0 saturated heterocycles. The number of carbonyl (C=O) groups excluding carboxylic acids is 3. The molecule has 1 rings (SSSR count). The van der Waals surface area contributed by atoms with Crippen molar-refractivity contribution < 1.29 is 18.6 Å². The minimum Gasteiger partial charge on any atom is -0.335 e. The van der Waals surface area contributed by atoms with Crippen molar-refractivity contribution in [3.8, 4) is 11.8 Å². The fourth-order valence-corrected chi connectivity index (χ4v) is 8.06. The predicted molar refractivity (Wildman–Crippen MR) is 133 cm³/mol. The van der Waals surface area contributed by atoms with E-state index in [1.54, 1.807) is 21.6 Å². The summed E-state index contributed by atoms with van der Waals surface area (Å²) in [6.07, 6.45) is 2.49. The van der Waals surface area contributed by atoms with Crippen molar-refractivity contribution >= 4 is 48.9 Å². The van der Waals surface area contributed by atoms with E-state index in [-0.39, 0.29) is 11.6 Å². The lowest BCUT2D eigenvalue weighted by Crippen LogP contribution is -2.30. The first kappa shape index (κ1) is 28.1. The SMILES string of the molecule is CCC(=O)CCC(=O)CCCSSCCNC(=O)N=S1(=O)CC(C)(C)C#CC(C)(C)C1. The highest BCUT2D eigenvalue weighted by molar-refractivity contribution is 8.76. The van der Waals surface area contributed by atoms with E-state index in [0.717, 1.165) is 12.2 Å². The van der Waals surface area contributed by atoms with Crippen molar-refractivity contribution in [1.82, 2.24) is 5.32 Å². The maximum atomic E-state index is 13.3. The third kappa shape index (κ3) is 12.6. The number of amides is 2. The third-order valence-electron chi connectivity index (χ3n) is 4.47. The van der Waals surface area contributed by atoms with Gasteiger partial charge in [0.1, 0.15) is 11.6 Å². The Bertz CT molecular complexity index is 803. The average molecular weight is 489 g/mol. The molecule has 31 heavy (non-hydrogen) atoms. The normalized spacial score (nSPS) is 18.2. The molecule has 0 aromatic rings.